The lowest BCUT2D eigenvalue weighted by Gasteiger charge is -2.14. The smallest absolute Gasteiger partial charge is 0.201 e. The first-order valence-corrected chi connectivity index (χ1v) is 7.24. The van der Waals surface area contributed by atoms with Crippen LogP contribution < -0.4 is 5.73 Å². The van der Waals surface area contributed by atoms with Crippen molar-refractivity contribution in [3.05, 3.63) is 23.8 Å². The standard InChI is InChI=1S/C12H14N4OS/c1-8(7-18(2)17)16-10-5-3-4-9(6-13)11(10)15-12(16)14/h3-5,8H,7H2,1-2H3,(H2,14,15). The number of rotatable bonds is 3. The fourth-order valence-electron chi connectivity index (χ4n) is 2.10. The average molecular weight is 262 g/mol. The Hall–Kier alpha value is -1.87. The molecule has 0 aliphatic heterocycles. The minimum absolute atomic E-state index is 0.0187. The molecule has 0 bridgehead atoms. The number of nitrogen functional groups attached to an aromatic ring is 1. The summed E-state index contributed by atoms with van der Waals surface area (Å²) in [5.41, 5.74) is 7.81. The molecular weight excluding hydrogens is 248 g/mol. The van der Waals surface area contributed by atoms with Crippen LogP contribution >= 0.6 is 0 Å². The van der Waals surface area contributed by atoms with Crippen molar-refractivity contribution >= 4 is 27.8 Å². The highest BCUT2D eigenvalue weighted by atomic mass is 32.2. The van der Waals surface area contributed by atoms with Crippen molar-refractivity contribution < 1.29 is 4.21 Å². The van der Waals surface area contributed by atoms with Crippen LogP contribution in [-0.4, -0.2) is 25.8 Å². The van der Waals surface area contributed by atoms with Gasteiger partial charge < -0.3 is 10.3 Å². The van der Waals surface area contributed by atoms with E-state index in [1.54, 1.807) is 18.4 Å². The Bertz CT molecular complexity index is 656. The van der Waals surface area contributed by atoms with E-state index >= 15 is 0 Å². The molecule has 1 heterocycles. The highest BCUT2D eigenvalue weighted by molar-refractivity contribution is 7.84. The van der Waals surface area contributed by atoms with Gasteiger partial charge in [-0.15, -0.1) is 0 Å². The van der Waals surface area contributed by atoms with Gasteiger partial charge in [0.05, 0.1) is 11.1 Å². The number of imidazole rings is 1. The Morgan fingerprint density at radius 2 is 2.33 bits per heavy atom. The molecule has 6 heteroatoms. The lowest BCUT2D eigenvalue weighted by Crippen LogP contribution is -2.14. The van der Waals surface area contributed by atoms with E-state index in [2.05, 4.69) is 11.1 Å². The monoisotopic (exact) mass is 262 g/mol. The van der Waals surface area contributed by atoms with Gasteiger partial charge in [-0.1, -0.05) is 6.07 Å². The molecule has 0 radical (unpaired) electrons. The van der Waals surface area contributed by atoms with Gasteiger partial charge in [-0.2, -0.15) is 5.26 Å². The van der Waals surface area contributed by atoms with Gasteiger partial charge in [0.15, 0.2) is 0 Å². The largest absolute Gasteiger partial charge is 0.369 e. The first-order chi connectivity index (χ1) is 8.54. The molecule has 0 aliphatic rings. The number of anilines is 1. The van der Waals surface area contributed by atoms with E-state index in [0.29, 0.717) is 22.8 Å². The van der Waals surface area contributed by atoms with Gasteiger partial charge in [0.1, 0.15) is 11.6 Å². The molecule has 0 amide bonds. The van der Waals surface area contributed by atoms with Crippen molar-refractivity contribution in [2.24, 2.45) is 0 Å². The van der Waals surface area contributed by atoms with Crippen LogP contribution in [0.2, 0.25) is 0 Å². The van der Waals surface area contributed by atoms with E-state index in [0.717, 1.165) is 5.52 Å². The van der Waals surface area contributed by atoms with E-state index in [1.165, 1.54) is 0 Å². The fourth-order valence-corrected chi connectivity index (χ4v) is 2.93. The number of hydrogen-bond donors (Lipinski definition) is 1. The van der Waals surface area contributed by atoms with Crippen molar-refractivity contribution in [2.45, 2.75) is 13.0 Å². The molecule has 1 aromatic carbocycles. The van der Waals surface area contributed by atoms with Crippen LogP contribution in [0.4, 0.5) is 5.95 Å². The molecule has 0 saturated heterocycles. The zero-order chi connectivity index (χ0) is 13.3. The third kappa shape index (κ3) is 2.09. The molecule has 94 valence electrons. The summed E-state index contributed by atoms with van der Waals surface area (Å²) in [6.07, 6.45) is 1.66. The second-order valence-electron chi connectivity index (χ2n) is 4.21. The molecule has 2 N–H and O–H groups in total. The third-order valence-electron chi connectivity index (χ3n) is 2.78. The van der Waals surface area contributed by atoms with E-state index in [4.69, 9.17) is 11.0 Å². The maximum absolute atomic E-state index is 11.3. The number of para-hydroxylation sites is 1. The van der Waals surface area contributed by atoms with Crippen LogP contribution in [0.1, 0.15) is 18.5 Å². The number of nitriles is 1. The number of aromatic nitrogens is 2. The molecule has 5 nitrogen and oxygen atoms in total. The Morgan fingerprint density at radius 3 is 2.94 bits per heavy atom. The summed E-state index contributed by atoms with van der Waals surface area (Å²) in [4.78, 5) is 4.23. The number of nitrogens with two attached hydrogens (primary N) is 1. The first kappa shape index (κ1) is 12.6. The first-order valence-electron chi connectivity index (χ1n) is 5.51. The lowest BCUT2D eigenvalue weighted by molar-refractivity contribution is 0.619. The summed E-state index contributed by atoms with van der Waals surface area (Å²) >= 11 is 0. The molecule has 18 heavy (non-hydrogen) atoms. The maximum atomic E-state index is 11.3. The van der Waals surface area contributed by atoms with E-state index in [9.17, 15) is 4.21 Å². The van der Waals surface area contributed by atoms with Crippen LogP contribution in [0.5, 0.6) is 0 Å². The number of fused-ring (bicyclic) bond motifs is 1. The van der Waals surface area contributed by atoms with Gasteiger partial charge in [-0.3, -0.25) is 4.21 Å². The van der Waals surface area contributed by atoms with E-state index < -0.39 is 10.8 Å². The SMILES string of the molecule is CC(CS(C)=O)n1c(N)nc2c(C#N)cccc21. The summed E-state index contributed by atoms with van der Waals surface area (Å²) in [6.45, 7) is 1.94. The van der Waals surface area contributed by atoms with Crippen molar-refractivity contribution in [2.75, 3.05) is 17.7 Å². The van der Waals surface area contributed by atoms with Crippen LogP contribution in [0.3, 0.4) is 0 Å². The molecule has 2 atom stereocenters. The summed E-state index contributed by atoms with van der Waals surface area (Å²) in [5, 5.41) is 9.03. The summed E-state index contributed by atoms with van der Waals surface area (Å²) in [5.74, 6) is 0.859. The number of hydrogen-bond acceptors (Lipinski definition) is 4. The minimum Gasteiger partial charge on any atom is -0.369 e. The minimum atomic E-state index is -0.908. The molecule has 0 spiro atoms. The maximum Gasteiger partial charge on any atom is 0.201 e. The van der Waals surface area contributed by atoms with Crippen molar-refractivity contribution in [1.82, 2.24) is 9.55 Å². The molecule has 0 aliphatic carbocycles. The van der Waals surface area contributed by atoms with Crippen molar-refractivity contribution in [3.63, 3.8) is 0 Å². The van der Waals surface area contributed by atoms with Crippen LogP contribution in [0, 0.1) is 11.3 Å². The number of nitrogens with zero attached hydrogens (tertiary/aromatic N) is 3. The highest BCUT2D eigenvalue weighted by Crippen LogP contribution is 2.25. The Kier molecular flexibility index (Phi) is 3.34. The van der Waals surface area contributed by atoms with Gasteiger partial charge in [0, 0.05) is 28.9 Å². The zero-order valence-electron chi connectivity index (χ0n) is 10.3. The Morgan fingerprint density at radius 1 is 1.61 bits per heavy atom. The number of benzene rings is 1. The highest BCUT2D eigenvalue weighted by Gasteiger charge is 2.16. The van der Waals surface area contributed by atoms with Crippen LogP contribution in [-0.2, 0) is 10.8 Å². The molecule has 2 rings (SSSR count). The average Bonchev–Trinajstić information content (AvgIpc) is 2.63. The van der Waals surface area contributed by atoms with Gasteiger partial charge in [-0.05, 0) is 19.1 Å². The molecule has 2 aromatic rings. The normalized spacial score (nSPS) is 14.3. The quantitative estimate of drug-likeness (QED) is 0.906. The van der Waals surface area contributed by atoms with Gasteiger partial charge in [0.2, 0.25) is 5.95 Å². The van der Waals surface area contributed by atoms with Gasteiger partial charge in [-0.25, -0.2) is 4.98 Å². The Balaban J connectivity index is 2.62. The third-order valence-corrected chi connectivity index (χ3v) is 3.74. The summed E-state index contributed by atoms with van der Waals surface area (Å²) in [7, 11) is -0.908. The molecule has 0 saturated carbocycles. The fraction of sp³-hybridized carbons (Fsp3) is 0.333. The van der Waals surface area contributed by atoms with Crippen molar-refractivity contribution in [3.8, 4) is 6.07 Å². The molecular formula is C12H14N4OS. The summed E-state index contributed by atoms with van der Waals surface area (Å²) in [6, 6.07) is 7.46. The second-order valence-corrected chi connectivity index (χ2v) is 5.69. The van der Waals surface area contributed by atoms with E-state index in [-0.39, 0.29) is 6.04 Å². The lowest BCUT2D eigenvalue weighted by atomic mass is 10.2. The predicted molar refractivity (Wildman–Crippen MR) is 72.5 cm³/mol. The molecule has 2 unspecified atom stereocenters. The predicted octanol–water partition coefficient (Wildman–Crippen LogP) is 1.43. The van der Waals surface area contributed by atoms with Gasteiger partial charge >= 0.3 is 0 Å². The van der Waals surface area contributed by atoms with E-state index in [1.807, 2.05) is 17.6 Å². The zero-order valence-corrected chi connectivity index (χ0v) is 11.1. The molecule has 1 aromatic heterocycles. The van der Waals surface area contributed by atoms with Gasteiger partial charge in [0.25, 0.3) is 0 Å². The van der Waals surface area contributed by atoms with Crippen LogP contribution in [0.15, 0.2) is 18.2 Å². The molecule has 0 fully saturated rings. The van der Waals surface area contributed by atoms with Crippen LogP contribution in [0.25, 0.3) is 11.0 Å². The topological polar surface area (TPSA) is 84.7 Å². The summed E-state index contributed by atoms with van der Waals surface area (Å²) < 4.78 is 13.1. The Labute approximate surface area is 108 Å². The van der Waals surface area contributed by atoms with Crippen molar-refractivity contribution in [1.29, 1.82) is 5.26 Å². The second kappa shape index (κ2) is 4.78.